The van der Waals surface area contributed by atoms with Gasteiger partial charge < -0.3 is 20.3 Å². The first-order valence-corrected chi connectivity index (χ1v) is 32.4. The lowest BCUT2D eigenvalue weighted by molar-refractivity contribution is -0.143. The number of unbranched alkanes of at least 4 members (excludes halogenated alkanes) is 48. The van der Waals surface area contributed by atoms with Crippen molar-refractivity contribution in [1.82, 2.24) is 5.32 Å². The number of nitrogens with one attached hydrogen (secondary N) is 1. The van der Waals surface area contributed by atoms with Crippen molar-refractivity contribution < 1.29 is 24.5 Å². The monoisotopic (exact) mass is 1000 g/mol. The first-order valence-electron chi connectivity index (χ1n) is 32.4. The fourth-order valence-electron chi connectivity index (χ4n) is 10.3. The number of aliphatic hydroxyl groups excluding tert-OH is 2. The lowest BCUT2D eigenvalue weighted by Crippen LogP contribution is -2.45. The lowest BCUT2D eigenvalue weighted by Gasteiger charge is -2.22. The maximum absolute atomic E-state index is 12.5. The molecule has 0 heterocycles. The molecular formula is C65H127NO5. The van der Waals surface area contributed by atoms with Gasteiger partial charge in [0.25, 0.3) is 0 Å². The van der Waals surface area contributed by atoms with E-state index in [0.29, 0.717) is 25.9 Å². The molecule has 0 rings (SSSR count). The number of aliphatic hydroxyl groups is 2. The van der Waals surface area contributed by atoms with E-state index in [4.69, 9.17) is 4.74 Å². The van der Waals surface area contributed by atoms with Gasteiger partial charge in [-0.25, -0.2) is 0 Å². The molecule has 0 aromatic carbocycles. The Morgan fingerprint density at radius 3 is 1.00 bits per heavy atom. The predicted molar refractivity (Wildman–Crippen MR) is 310 cm³/mol. The molecule has 0 saturated carbocycles. The largest absolute Gasteiger partial charge is 0.466 e. The van der Waals surface area contributed by atoms with Gasteiger partial charge in [-0.15, -0.1) is 0 Å². The third-order valence-corrected chi connectivity index (χ3v) is 15.3. The zero-order valence-electron chi connectivity index (χ0n) is 48.2. The van der Waals surface area contributed by atoms with Gasteiger partial charge in [0.2, 0.25) is 5.91 Å². The van der Waals surface area contributed by atoms with Gasteiger partial charge in [0.05, 0.1) is 25.4 Å². The molecule has 6 nitrogen and oxygen atoms in total. The SMILES string of the molecule is CCCCCCCCCCCCCCCCC(=O)OCCCCCCCCCCCCCC/C=C\CCCCCCCCCCCCCC(=O)NC(CO)C(O)CCCCCCCCCCCCCCC. The Hall–Kier alpha value is -1.40. The number of ether oxygens (including phenoxy) is 1. The predicted octanol–water partition coefficient (Wildman–Crippen LogP) is 20.4. The average molecular weight is 1000 g/mol. The van der Waals surface area contributed by atoms with Gasteiger partial charge in [-0.05, 0) is 51.4 Å². The number of allylic oxidation sites excluding steroid dienone is 2. The van der Waals surface area contributed by atoms with Crippen molar-refractivity contribution in [2.24, 2.45) is 0 Å². The van der Waals surface area contributed by atoms with Crippen LogP contribution in [0.25, 0.3) is 0 Å². The molecule has 6 heteroatoms. The van der Waals surface area contributed by atoms with E-state index in [9.17, 15) is 19.8 Å². The molecule has 2 unspecified atom stereocenters. The van der Waals surface area contributed by atoms with Crippen LogP contribution in [0.15, 0.2) is 12.2 Å². The first-order chi connectivity index (χ1) is 35.0. The van der Waals surface area contributed by atoms with E-state index in [2.05, 4.69) is 31.3 Å². The summed E-state index contributed by atoms with van der Waals surface area (Å²) in [7, 11) is 0. The molecule has 0 spiro atoms. The third kappa shape index (κ3) is 57.7. The van der Waals surface area contributed by atoms with Gasteiger partial charge in [-0.3, -0.25) is 9.59 Å². The Bertz CT molecular complexity index is 1060. The Morgan fingerprint density at radius 2 is 0.662 bits per heavy atom. The van der Waals surface area contributed by atoms with Gasteiger partial charge in [-0.2, -0.15) is 0 Å². The molecule has 0 radical (unpaired) electrons. The van der Waals surface area contributed by atoms with Crippen molar-refractivity contribution in [3.05, 3.63) is 12.2 Å². The molecule has 1 amide bonds. The van der Waals surface area contributed by atoms with Crippen molar-refractivity contribution >= 4 is 11.9 Å². The third-order valence-electron chi connectivity index (χ3n) is 15.3. The van der Waals surface area contributed by atoms with E-state index < -0.39 is 12.1 Å². The van der Waals surface area contributed by atoms with Crippen LogP contribution in [0, 0.1) is 0 Å². The molecule has 0 bridgehead atoms. The second kappa shape index (κ2) is 61.1. The van der Waals surface area contributed by atoms with E-state index in [-0.39, 0.29) is 18.5 Å². The maximum atomic E-state index is 12.5. The molecule has 2 atom stereocenters. The van der Waals surface area contributed by atoms with Crippen LogP contribution in [0.5, 0.6) is 0 Å². The van der Waals surface area contributed by atoms with Crippen LogP contribution in [0.1, 0.15) is 367 Å². The zero-order chi connectivity index (χ0) is 51.4. The number of esters is 1. The Morgan fingerprint density at radius 1 is 0.380 bits per heavy atom. The highest BCUT2D eigenvalue weighted by molar-refractivity contribution is 5.76. The Kier molecular flexibility index (Phi) is 59.9. The highest BCUT2D eigenvalue weighted by Gasteiger charge is 2.20. The van der Waals surface area contributed by atoms with Crippen LogP contribution in [0.3, 0.4) is 0 Å². The van der Waals surface area contributed by atoms with E-state index in [1.807, 2.05) is 0 Å². The molecule has 71 heavy (non-hydrogen) atoms. The Labute approximate surface area is 444 Å². The fraction of sp³-hybridized carbons (Fsp3) is 0.938. The molecule has 0 aromatic rings. The summed E-state index contributed by atoms with van der Waals surface area (Å²) in [6, 6.07) is -0.540. The van der Waals surface area contributed by atoms with E-state index in [1.165, 1.54) is 295 Å². The van der Waals surface area contributed by atoms with Gasteiger partial charge in [-0.1, -0.05) is 315 Å². The van der Waals surface area contributed by atoms with E-state index >= 15 is 0 Å². The summed E-state index contributed by atoms with van der Waals surface area (Å²) in [4.78, 5) is 24.5. The summed E-state index contributed by atoms with van der Waals surface area (Å²) in [6.07, 6.45) is 73.8. The highest BCUT2D eigenvalue weighted by Crippen LogP contribution is 2.18. The smallest absolute Gasteiger partial charge is 0.305 e. The van der Waals surface area contributed by atoms with Gasteiger partial charge >= 0.3 is 5.97 Å². The lowest BCUT2D eigenvalue weighted by atomic mass is 10.0. The molecule has 0 saturated heterocycles. The summed E-state index contributed by atoms with van der Waals surface area (Å²) in [5, 5.41) is 23.3. The minimum atomic E-state index is -0.663. The van der Waals surface area contributed by atoms with Crippen molar-refractivity contribution in [3.8, 4) is 0 Å². The molecular weight excluding hydrogens is 875 g/mol. The van der Waals surface area contributed by atoms with Gasteiger partial charge in [0, 0.05) is 12.8 Å². The minimum Gasteiger partial charge on any atom is -0.466 e. The van der Waals surface area contributed by atoms with Crippen LogP contribution in [-0.2, 0) is 14.3 Å². The molecule has 422 valence electrons. The van der Waals surface area contributed by atoms with E-state index in [1.54, 1.807) is 0 Å². The standard InChI is InChI=1S/C65H127NO5/c1-3-5-7-9-11-13-15-17-35-39-43-47-51-55-59-65(70)71-60-56-52-48-44-40-36-32-30-28-26-24-22-20-18-19-21-23-25-27-29-31-34-38-42-46-50-54-58-64(69)66-62(61-67)63(68)57-53-49-45-41-37-33-16-14-12-10-8-6-4-2/h18-19,62-63,67-68H,3-17,20-61H2,1-2H3,(H,66,69)/b19-18-. The number of hydrogen-bond donors (Lipinski definition) is 3. The molecule has 0 aliphatic carbocycles. The number of hydrogen-bond acceptors (Lipinski definition) is 5. The van der Waals surface area contributed by atoms with Crippen LogP contribution >= 0.6 is 0 Å². The second-order valence-electron chi connectivity index (χ2n) is 22.5. The van der Waals surface area contributed by atoms with Gasteiger partial charge in [0.15, 0.2) is 0 Å². The molecule has 0 aliphatic heterocycles. The number of carbonyl (C=O) groups excluding carboxylic acids is 2. The fourth-order valence-corrected chi connectivity index (χ4v) is 10.3. The number of carbonyl (C=O) groups is 2. The van der Waals surface area contributed by atoms with Crippen molar-refractivity contribution in [2.75, 3.05) is 13.2 Å². The molecule has 0 aromatic heterocycles. The van der Waals surface area contributed by atoms with Crippen LogP contribution < -0.4 is 5.32 Å². The molecule has 0 aliphatic rings. The second-order valence-corrected chi connectivity index (χ2v) is 22.5. The van der Waals surface area contributed by atoms with E-state index in [0.717, 1.165) is 38.5 Å². The topological polar surface area (TPSA) is 95.9 Å². The first kappa shape index (κ1) is 69.6. The van der Waals surface area contributed by atoms with Crippen LogP contribution in [0.2, 0.25) is 0 Å². The van der Waals surface area contributed by atoms with Gasteiger partial charge in [0.1, 0.15) is 0 Å². The average Bonchev–Trinajstić information content (AvgIpc) is 3.37. The number of rotatable bonds is 61. The van der Waals surface area contributed by atoms with Crippen LogP contribution in [0.4, 0.5) is 0 Å². The highest BCUT2D eigenvalue weighted by atomic mass is 16.5. The summed E-state index contributed by atoms with van der Waals surface area (Å²) in [5.74, 6) is -0.0159. The Balaban J connectivity index is 3.36. The summed E-state index contributed by atoms with van der Waals surface area (Å²) < 4.78 is 5.49. The quantitative estimate of drug-likeness (QED) is 0.0320. The summed E-state index contributed by atoms with van der Waals surface area (Å²) in [6.45, 7) is 4.98. The van der Waals surface area contributed by atoms with Crippen molar-refractivity contribution in [1.29, 1.82) is 0 Å². The summed E-state index contributed by atoms with van der Waals surface area (Å²) in [5.41, 5.74) is 0. The van der Waals surface area contributed by atoms with Crippen molar-refractivity contribution in [2.45, 2.75) is 379 Å². The maximum Gasteiger partial charge on any atom is 0.305 e. The molecule has 3 N–H and O–H groups in total. The number of amides is 1. The zero-order valence-corrected chi connectivity index (χ0v) is 48.2. The molecule has 0 fully saturated rings. The minimum absolute atomic E-state index is 0.0180. The normalized spacial score (nSPS) is 12.6. The van der Waals surface area contributed by atoms with Crippen LogP contribution in [-0.4, -0.2) is 47.4 Å². The summed E-state index contributed by atoms with van der Waals surface area (Å²) >= 11 is 0. The van der Waals surface area contributed by atoms with Crippen molar-refractivity contribution in [3.63, 3.8) is 0 Å².